The average Bonchev–Trinajstić information content (AvgIpc) is 2.53. The highest BCUT2D eigenvalue weighted by molar-refractivity contribution is 14.1. The molecule has 0 aromatic heterocycles. The monoisotopic (exact) mass is 410 g/mol. The highest BCUT2D eigenvalue weighted by Crippen LogP contribution is 2.11. The lowest BCUT2D eigenvalue weighted by atomic mass is 10.1. The summed E-state index contributed by atoms with van der Waals surface area (Å²) in [5.41, 5.74) is 6.14. The van der Waals surface area contributed by atoms with Crippen LogP contribution in [0.2, 0.25) is 0 Å². The Morgan fingerprint density at radius 2 is 1.82 bits per heavy atom. The van der Waals surface area contributed by atoms with Crippen molar-refractivity contribution in [3.05, 3.63) is 63.2 Å². The summed E-state index contributed by atoms with van der Waals surface area (Å²) in [7, 11) is 1.59. The molecule has 2 aromatic rings. The summed E-state index contributed by atoms with van der Waals surface area (Å²) in [4.78, 5) is 23.7. The molecule has 0 aliphatic heterocycles. The van der Waals surface area contributed by atoms with E-state index in [4.69, 9.17) is 4.74 Å². The van der Waals surface area contributed by atoms with Crippen LogP contribution in [0, 0.1) is 3.57 Å². The summed E-state index contributed by atoms with van der Waals surface area (Å²) in [6, 6.07) is 14.3. The standard InChI is InChI=1S/C16H15IN2O3/c1-22-14-7-5-11(6-8-14)9-15(20)18-19-16(21)12-3-2-4-13(17)10-12/h2-8,10H,9H2,1H3,(H,18,20)(H,19,21). The maximum Gasteiger partial charge on any atom is 0.269 e. The molecule has 2 N–H and O–H groups in total. The molecule has 0 fully saturated rings. The molecule has 22 heavy (non-hydrogen) atoms. The quantitative estimate of drug-likeness (QED) is 0.601. The summed E-state index contributed by atoms with van der Waals surface area (Å²) in [6.45, 7) is 0. The van der Waals surface area contributed by atoms with Gasteiger partial charge in [-0.1, -0.05) is 18.2 Å². The average molecular weight is 410 g/mol. The van der Waals surface area contributed by atoms with E-state index < -0.39 is 0 Å². The summed E-state index contributed by atoms with van der Waals surface area (Å²) >= 11 is 2.12. The van der Waals surface area contributed by atoms with Crippen molar-refractivity contribution in [2.24, 2.45) is 0 Å². The molecule has 6 heteroatoms. The first-order chi connectivity index (χ1) is 10.6. The molecule has 0 heterocycles. The molecule has 0 atom stereocenters. The van der Waals surface area contributed by atoms with Crippen LogP contribution in [0.4, 0.5) is 0 Å². The number of rotatable bonds is 4. The first-order valence-corrected chi connectivity index (χ1v) is 7.64. The number of methoxy groups -OCH3 is 1. The molecule has 2 amide bonds. The van der Waals surface area contributed by atoms with Crippen molar-refractivity contribution < 1.29 is 14.3 Å². The number of halogens is 1. The Kier molecular flexibility index (Phi) is 5.76. The smallest absolute Gasteiger partial charge is 0.269 e. The van der Waals surface area contributed by atoms with Gasteiger partial charge in [0.2, 0.25) is 5.91 Å². The van der Waals surface area contributed by atoms with Gasteiger partial charge < -0.3 is 4.74 Å². The maximum absolute atomic E-state index is 11.9. The van der Waals surface area contributed by atoms with Gasteiger partial charge in [0.25, 0.3) is 5.91 Å². The highest BCUT2D eigenvalue weighted by atomic mass is 127. The summed E-state index contributed by atoms with van der Waals surface area (Å²) in [5, 5.41) is 0. The minimum atomic E-state index is -0.346. The highest BCUT2D eigenvalue weighted by Gasteiger charge is 2.08. The van der Waals surface area contributed by atoms with Crippen LogP contribution >= 0.6 is 22.6 Å². The molecule has 0 saturated carbocycles. The Hall–Kier alpha value is -2.09. The third-order valence-electron chi connectivity index (χ3n) is 2.93. The second kappa shape index (κ2) is 7.79. The molecule has 0 saturated heterocycles. The van der Waals surface area contributed by atoms with E-state index in [-0.39, 0.29) is 18.2 Å². The van der Waals surface area contributed by atoms with Gasteiger partial charge in [-0.05, 0) is 58.5 Å². The second-order valence-electron chi connectivity index (χ2n) is 4.54. The normalized spacial score (nSPS) is 9.91. The largest absolute Gasteiger partial charge is 0.497 e. The minimum absolute atomic E-state index is 0.177. The van der Waals surface area contributed by atoms with Gasteiger partial charge in [0.15, 0.2) is 0 Å². The van der Waals surface area contributed by atoms with Gasteiger partial charge in [-0.15, -0.1) is 0 Å². The van der Waals surface area contributed by atoms with Crippen molar-refractivity contribution in [2.75, 3.05) is 7.11 Å². The van der Waals surface area contributed by atoms with Crippen LogP contribution < -0.4 is 15.6 Å². The van der Waals surface area contributed by atoms with Crippen molar-refractivity contribution in [1.82, 2.24) is 10.9 Å². The number of carbonyl (C=O) groups is 2. The predicted octanol–water partition coefficient (Wildman–Crippen LogP) is 2.30. The molecule has 0 aliphatic rings. The maximum atomic E-state index is 11.9. The van der Waals surface area contributed by atoms with Crippen LogP contribution in [0.3, 0.4) is 0 Å². The van der Waals surface area contributed by atoms with E-state index in [1.54, 1.807) is 49.6 Å². The van der Waals surface area contributed by atoms with Crippen molar-refractivity contribution in [3.8, 4) is 5.75 Å². The Labute approximate surface area is 142 Å². The molecular formula is C16H15IN2O3. The van der Waals surface area contributed by atoms with Gasteiger partial charge in [-0.3, -0.25) is 20.4 Å². The van der Waals surface area contributed by atoms with Crippen molar-refractivity contribution in [2.45, 2.75) is 6.42 Å². The zero-order valence-electron chi connectivity index (χ0n) is 11.9. The summed E-state index contributed by atoms with van der Waals surface area (Å²) < 4.78 is 6.01. The first kappa shape index (κ1) is 16.3. The van der Waals surface area contributed by atoms with E-state index >= 15 is 0 Å². The molecular weight excluding hydrogens is 395 g/mol. The first-order valence-electron chi connectivity index (χ1n) is 6.56. The van der Waals surface area contributed by atoms with Crippen molar-refractivity contribution in [1.29, 1.82) is 0 Å². The van der Waals surface area contributed by atoms with E-state index in [0.717, 1.165) is 14.9 Å². The molecule has 0 aliphatic carbocycles. The number of amides is 2. The molecule has 0 spiro atoms. The number of carbonyl (C=O) groups excluding carboxylic acids is 2. The second-order valence-corrected chi connectivity index (χ2v) is 5.78. The number of ether oxygens (including phenoxy) is 1. The fraction of sp³-hybridized carbons (Fsp3) is 0.125. The van der Waals surface area contributed by atoms with E-state index in [0.29, 0.717) is 5.56 Å². The fourth-order valence-electron chi connectivity index (χ4n) is 1.80. The predicted molar refractivity (Wildman–Crippen MR) is 91.5 cm³/mol. The Morgan fingerprint density at radius 3 is 2.45 bits per heavy atom. The van der Waals surface area contributed by atoms with Crippen LogP contribution in [0.1, 0.15) is 15.9 Å². The van der Waals surface area contributed by atoms with Gasteiger partial charge in [-0.2, -0.15) is 0 Å². The van der Waals surface area contributed by atoms with Gasteiger partial charge >= 0.3 is 0 Å². The zero-order valence-corrected chi connectivity index (χ0v) is 14.1. The van der Waals surface area contributed by atoms with Crippen LogP contribution in [0.25, 0.3) is 0 Å². The third-order valence-corrected chi connectivity index (χ3v) is 3.60. The van der Waals surface area contributed by atoms with Gasteiger partial charge in [0.1, 0.15) is 5.75 Å². The van der Waals surface area contributed by atoms with Crippen LogP contribution in [-0.2, 0) is 11.2 Å². The van der Waals surface area contributed by atoms with Gasteiger partial charge in [0.05, 0.1) is 13.5 Å². The fourth-order valence-corrected chi connectivity index (χ4v) is 2.34. The van der Waals surface area contributed by atoms with Crippen molar-refractivity contribution in [3.63, 3.8) is 0 Å². The number of benzene rings is 2. The summed E-state index contributed by atoms with van der Waals surface area (Å²) in [6.07, 6.45) is 0.177. The van der Waals surface area contributed by atoms with Gasteiger partial charge in [-0.25, -0.2) is 0 Å². The van der Waals surface area contributed by atoms with E-state index in [1.165, 1.54) is 0 Å². The van der Waals surface area contributed by atoms with Crippen LogP contribution in [0.15, 0.2) is 48.5 Å². The van der Waals surface area contributed by atoms with E-state index in [1.807, 2.05) is 6.07 Å². The van der Waals surface area contributed by atoms with Crippen LogP contribution in [0.5, 0.6) is 5.75 Å². The molecule has 114 valence electrons. The number of hydrazine groups is 1. The number of hydrogen-bond donors (Lipinski definition) is 2. The summed E-state index contributed by atoms with van der Waals surface area (Å²) in [5.74, 6) is 0.0990. The lowest BCUT2D eigenvalue weighted by molar-refractivity contribution is -0.121. The third kappa shape index (κ3) is 4.73. The zero-order chi connectivity index (χ0) is 15.9. The van der Waals surface area contributed by atoms with Crippen LogP contribution in [-0.4, -0.2) is 18.9 Å². The van der Waals surface area contributed by atoms with Gasteiger partial charge in [0, 0.05) is 9.13 Å². The Morgan fingerprint density at radius 1 is 1.09 bits per heavy atom. The molecule has 2 rings (SSSR count). The Bertz CT molecular complexity index is 671. The Balaban J connectivity index is 1.85. The molecule has 0 bridgehead atoms. The lowest BCUT2D eigenvalue weighted by Gasteiger charge is -2.08. The molecule has 2 aromatic carbocycles. The van der Waals surface area contributed by atoms with E-state index in [2.05, 4.69) is 33.4 Å². The lowest BCUT2D eigenvalue weighted by Crippen LogP contribution is -2.42. The number of hydrogen-bond acceptors (Lipinski definition) is 3. The van der Waals surface area contributed by atoms with Crippen molar-refractivity contribution >= 4 is 34.4 Å². The molecule has 5 nitrogen and oxygen atoms in total. The molecule has 0 unspecified atom stereocenters. The topological polar surface area (TPSA) is 67.4 Å². The minimum Gasteiger partial charge on any atom is -0.497 e. The van der Waals surface area contributed by atoms with E-state index in [9.17, 15) is 9.59 Å². The SMILES string of the molecule is COc1ccc(CC(=O)NNC(=O)c2cccc(I)c2)cc1. The number of nitrogens with one attached hydrogen (secondary N) is 2. The molecule has 0 radical (unpaired) electrons.